The molecule has 7 aliphatic rings. The van der Waals surface area contributed by atoms with Crippen molar-refractivity contribution in [3.8, 4) is 35.1 Å². The summed E-state index contributed by atoms with van der Waals surface area (Å²) >= 11 is 0. The Labute approximate surface area is 283 Å². The van der Waals surface area contributed by atoms with E-state index in [1.807, 2.05) is 13.0 Å². The van der Waals surface area contributed by atoms with Crippen molar-refractivity contribution >= 4 is 0 Å². The molecule has 2 bridgehead atoms. The number of hydrogen-bond acceptors (Lipinski definition) is 8. The van der Waals surface area contributed by atoms with Crippen LogP contribution in [0.1, 0.15) is 100 Å². The first-order valence-corrected chi connectivity index (χ1v) is 17.9. The van der Waals surface area contributed by atoms with Crippen LogP contribution in [0.15, 0.2) is 35.3 Å². The van der Waals surface area contributed by atoms with Crippen LogP contribution < -0.4 is 18.9 Å². The highest BCUT2D eigenvalue weighted by Gasteiger charge is 2.60. The van der Waals surface area contributed by atoms with Gasteiger partial charge in [0, 0.05) is 35.0 Å². The van der Waals surface area contributed by atoms with Crippen LogP contribution in [0.2, 0.25) is 0 Å². The summed E-state index contributed by atoms with van der Waals surface area (Å²) in [5, 5.41) is 20.3. The zero-order chi connectivity index (χ0) is 33.1. The van der Waals surface area contributed by atoms with Crippen LogP contribution in [0.3, 0.4) is 0 Å². The molecule has 4 heterocycles. The number of likely N-dealkylation sites (tertiary alicyclic amines) is 2. The van der Waals surface area contributed by atoms with E-state index in [1.165, 1.54) is 53.5 Å². The van der Waals surface area contributed by atoms with Crippen LogP contribution in [0.4, 0.5) is 0 Å². The fourth-order valence-electron chi connectivity index (χ4n) is 10.1. The normalized spacial score (nSPS) is 32.8. The van der Waals surface area contributed by atoms with Crippen LogP contribution in [0, 0.1) is 34.5 Å². The lowest BCUT2D eigenvalue weighted by atomic mass is 9.70. The van der Waals surface area contributed by atoms with Gasteiger partial charge in [-0.05, 0) is 113 Å². The Balaban J connectivity index is 1.26. The van der Waals surface area contributed by atoms with Gasteiger partial charge in [0.2, 0.25) is 0 Å². The topological polar surface area (TPSA) is 91.0 Å². The van der Waals surface area contributed by atoms with Gasteiger partial charge in [0.05, 0.1) is 12.1 Å². The van der Waals surface area contributed by atoms with Gasteiger partial charge < -0.3 is 18.9 Å². The van der Waals surface area contributed by atoms with Gasteiger partial charge in [-0.25, -0.2) is 0 Å². The second-order valence-electron chi connectivity index (χ2n) is 15.7. The Kier molecular flexibility index (Phi) is 6.59. The van der Waals surface area contributed by atoms with E-state index in [1.54, 1.807) is 0 Å². The number of hydrogen-bond donors (Lipinski definition) is 0. The number of fused-ring (bicyclic) bond motifs is 10. The molecule has 0 N–H and O–H groups in total. The Morgan fingerprint density at radius 1 is 0.750 bits per heavy atom. The van der Waals surface area contributed by atoms with Crippen molar-refractivity contribution in [1.82, 2.24) is 9.80 Å². The molecule has 3 aliphatic carbocycles. The van der Waals surface area contributed by atoms with E-state index in [9.17, 15) is 10.5 Å². The minimum Gasteiger partial charge on any atom is -0.483 e. The zero-order valence-electron chi connectivity index (χ0n) is 28.7. The summed E-state index contributed by atoms with van der Waals surface area (Å²) in [4.78, 5) is 5.10. The molecule has 6 unspecified atom stereocenters. The summed E-state index contributed by atoms with van der Waals surface area (Å²) in [6.07, 6.45) is 7.55. The summed E-state index contributed by atoms with van der Waals surface area (Å²) in [5.41, 5.74) is 8.03. The lowest BCUT2D eigenvalue weighted by molar-refractivity contribution is 0.0409. The Morgan fingerprint density at radius 2 is 1.31 bits per heavy atom. The predicted octanol–water partition coefficient (Wildman–Crippen LogP) is 6.98. The Bertz CT molecular complexity index is 1900. The Morgan fingerprint density at radius 3 is 1.90 bits per heavy atom. The second-order valence-corrected chi connectivity index (χ2v) is 15.7. The molecule has 2 aromatic carbocycles. The van der Waals surface area contributed by atoms with E-state index in [4.69, 9.17) is 18.9 Å². The van der Waals surface area contributed by atoms with E-state index in [-0.39, 0.29) is 23.0 Å². The third kappa shape index (κ3) is 4.06. The summed E-state index contributed by atoms with van der Waals surface area (Å²) in [6, 6.07) is 9.30. The molecule has 0 radical (unpaired) electrons. The smallest absolute Gasteiger partial charge is 0.174 e. The monoisotopic (exact) mass is 644 g/mol. The third-order valence-electron chi connectivity index (χ3n) is 12.5. The van der Waals surface area contributed by atoms with E-state index in [0.29, 0.717) is 23.0 Å². The number of nitriles is 2. The van der Waals surface area contributed by atoms with Crippen molar-refractivity contribution in [2.24, 2.45) is 11.8 Å². The fourth-order valence-corrected chi connectivity index (χ4v) is 10.1. The minimum absolute atomic E-state index is 0.0336. The number of allylic oxidation sites excluding steroid dienone is 2. The zero-order valence-corrected chi connectivity index (χ0v) is 28.7. The average Bonchev–Trinajstić information content (AvgIpc) is 3.85. The molecule has 248 valence electrons. The molecule has 2 saturated heterocycles. The average molecular weight is 645 g/mol. The van der Waals surface area contributed by atoms with Gasteiger partial charge in [0.15, 0.2) is 34.5 Å². The highest BCUT2D eigenvalue weighted by Crippen LogP contribution is 2.69. The van der Waals surface area contributed by atoms with Crippen LogP contribution in [-0.2, 0) is 23.9 Å². The van der Waals surface area contributed by atoms with Crippen LogP contribution in [0.25, 0.3) is 0 Å². The first-order chi connectivity index (χ1) is 23.1. The largest absolute Gasteiger partial charge is 0.483 e. The van der Waals surface area contributed by atoms with Gasteiger partial charge in [0.25, 0.3) is 0 Å². The molecule has 8 heteroatoms. The maximum absolute atomic E-state index is 10.2. The lowest BCUT2D eigenvalue weighted by Crippen LogP contribution is -2.37. The molecule has 9 rings (SSSR count). The molecule has 2 fully saturated rings. The maximum atomic E-state index is 10.2. The molecule has 6 atom stereocenters. The number of benzene rings is 2. The molecule has 8 nitrogen and oxygen atoms in total. The number of nitrogens with zero attached hydrogens (tertiary/aromatic N) is 4. The fraction of sp³-hybridized carbons (Fsp3) is 0.550. The first-order valence-electron chi connectivity index (χ1n) is 17.9. The second kappa shape index (κ2) is 10.5. The van der Waals surface area contributed by atoms with Crippen molar-refractivity contribution < 1.29 is 18.9 Å². The van der Waals surface area contributed by atoms with E-state index >= 15 is 0 Å². The maximum Gasteiger partial charge on any atom is 0.174 e. The summed E-state index contributed by atoms with van der Waals surface area (Å²) < 4.78 is 27.0. The summed E-state index contributed by atoms with van der Waals surface area (Å²) in [6.45, 7) is 16.8. The van der Waals surface area contributed by atoms with Gasteiger partial charge in [-0.2, -0.15) is 10.5 Å². The van der Waals surface area contributed by atoms with Gasteiger partial charge >= 0.3 is 0 Å². The molecule has 48 heavy (non-hydrogen) atoms. The summed E-state index contributed by atoms with van der Waals surface area (Å²) in [7, 11) is 0. The van der Waals surface area contributed by atoms with E-state index in [2.05, 4.69) is 61.8 Å². The van der Waals surface area contributed by atoms with Gasteiger partial charge in [0.1, 0.15) is 24.0 Å². The van der Waals surface area contributed by atoms with Crippen molar-refractivity contribution in [2.75, 3.05) is 26.2 Å². The van der Waals surface area contributed by atoms with E-state index < -0.39 is 11.8 Å². The molecular formula is C40H44N4O4. The first kappa shape index (κ1) is 30.1. The van der Waals surface area contributed by atoms with Crippen molar-refractivity contribution in [1.29, 1.82) is 10.5 Å². The Hall–Kier alpha value is -3.98. The van der Waals surface area contributed by atoms with Crippen LogP contribution >= 0.6 is 0 Å². The van der Waals surface area contributed by atoms with Crippen LogP contribution in [0.5, 0.6) is 23.0 Å². The van der Waals surface area contributed by atoms with Gasteiger partial charge in [-0.15, -0.1) is 0 Å². The highest BCUT2D eigenvalue weighted by molar-refractivity contribution is 5.76. The van der Waals surface area contributed by atoms with Crippen molar-refractivity contribution in [3.63, 3.8) is 0 Å². The quantitative estimate of drug-likeness (QED) is 0.330. The van der Waals surface area contributed by atoms with Crippen molar-refractivity contribution in [2.45, 2.75) is 103 Å². The van der Waals surface area contributed by atoms with Crippen molar-refractivity contribution in [3.05, 3.63) is 68.7 Å². The molecule has 0 spiro atoms. The molecule has 4 aliphatic heterocycles. The number of rotatable bonds is 4. The lowest BCUT2D eigenvalue weighted by Gasteiger charge is -2.40. The molecule has 2 aromatic rings. The van der Waals surface area contributed by atoms with Crippen LogP contribution in [-0.4, -0.2) is 48.2 Å². The molecule has 0 amide bonds. The van der Waals surface area contributed by atoms with Gasteiger partial charge in [-0.1, -0.05) is 25.5 Å². The minimum atomic E-state index is -0.600. The third-order valence-corrected chi connectivity index (χ3v) is 12.5. The molecular weight excluding hydrogens is 600 g/mol. The number of ether oxygens (including phenoxy) is 4. The molecule has 0 aromatic heterocycles. The SMILES string of the molecule is CC1=CC(C#N)C2=C(Oc3cc4c(c(CN5CCCC5)c3O2)C2(C)CC4(C)c3c2cc2c(c3CN3CCCC3)OC(C)C(C)O2)C1C#N. The van der Waals surface area contributed by atoms with Gasteiger partial charge in [-0.3, -0.25) is 9.80 Å². The molecule has 0 saturated carbocycles. The standard InChI is InChI=1S/C40H44N4O4/c1-22-14-25(17-41)35-38(26(22)18-42)47-32-16-30-34(28(37(32)48-35)20-44-12-8-9-13-44)39(4)21-40(30,5)33-27(19-43-10-6-7-11-43)36-31(15-29(33)39)45-23(2)24(3)46-36/h14-16,23-26H,6-13,19-21H2,1-5H3. The highest BCUT2D eigenvalue weighted by atomic mass is 16.6. The summed E-state index contributed by atoms with van der Waals surface area (Å²) in [5.74, 6) is 2.88. The van der Waals surface area contributed by atoms with E-state index in [0.717, 1.165) is 68.3 Å². The predicted molar refractivity (Wildman–Crippen MR) is 180 cm³/mol.